The van der Waals surface area contributed by atoms with E-state index in [1.807, 2.05) is 0 Å². The summed E-state index contributed by atoms with van der Waals surface area (Å²) in [5.74, 6) is -0.356. The molecule has 158 valence electrons. The molecule has 0 bridgehead atoms. The van der Waals surface area contributed by atoms with Gasteiger partial charge in [-0.2, -0.15) is 17.5 Å². The highest BCUT2D eigenvalue weighted by Crippen LogP contribution is 2.34. The van der Waals surface area contributed by atoms with Gasteiger partial charge in [-0.25, -0.2) is 8.42 Å². The van der Waals surface area contributed by atoms with Crippen molar-refractivity contribution in [2.45, 2.75) is 24.9 Å². The van der Waals surface area contributed by atoms with Crippen molar-refractivity contribution in [2.75, 3.05) is 25.5 Å². The van der Waals surface area contributed by atoms with Crippen molar-refractivity contribution in [1.29, 1.82) is 0 Å². The van der Waals surface area contributed by atoms with Gasteiger partial charge in [0.15, 0.2) is 0 Å². The molecule has 0 unspecified atom stereocenters. The molecule has 2 aromatic rings. The first-order chi connectivity index (χ1) is 13.5. The number of nitrogens with zero attached hydrogens (tertiary/aromatic N) is 1. The number of halogens is 3. The number of alkyl halides is 3. The zero-order valence-electron chi connectivity index (χ0n) is 16.1. The second-order valence-corrected chi connectivity index (χ2v) is 8.26. The van der Waals surface area contributed by atoms with Gasteiger partial charge in [0.1, 0.15) is 5.75 Å². The van der Waals surface area contributed by atoms with E-state index in [4.69, 9.17) is 4.74 Å². The number of sulfonamides is 1. The van der Waals surface area contributed by atoms with Crippen LogP contribution in [0.15, 0.2) is 47.4 Å². The fourth-order valence-electron chi connectivity index (χ4n) is 2.60. The first-order valence-electron chi connectivity index (χ1n) is 8.62. The molecule has 10 heteroatoms. The van der Waals surface area contributed by atoms with E-state index >= 15 is 0 Å². The molecule has 0 fully saturated rings. The van der Waals surface area contributed by atoms with Gasteiger partial charge in [-0.3, -0.25) is 4.79 Å². The second kappa shape index (κ2) is 8.83. The number of carbonyl (C=O) groups excluding carboxylic acids is 1. The molecule has 0 aliphatic heterocycles. The van der Waals surface area contributed by atoms with Crippen molar-refractivity contribution in [3.63, 3.8) is 0 Å². The lowest BCUT2D eigenvalue weighted by molar-refractivity contribution is -0.137. The highest BCUT2D eigenvalue weighted by molar-refractivity contribution is 7.89. The summed E-state index contributed by atoms with van der Waals surface area (Å²) in [5.41, 5.74) is -0.849. The summed E-state index contributed by atoms with van der Waals surface area (Å²) in [5, 5.41) is 2.12. The third-order valence-corrected chi connectivity index (χ3v) is 5.83. The third-order valence-electron chi connectivity index (χ3n) is 4.03. The molecular formula is C19H21F3N2O4S. The Kier molecular flexibility index (Phi) is 6.91. The lowest BCUT2D eigenvalue weighted by atomic mass is 10.1. The van der Waals surface area contributed by atoms with Crippen LogP contribution >= 0.6 is 0 Å². The fraction of sp³-hybridized carbons (Fsp3) is 0.316. The van der Waals surface area contributed by atoms with Gasteiger partial charge in [0.25, 0.3) is 0 Å². The molecule has 0 aromatic heterocycles. The molecule has 0 radical (unpaired) electrons. The molecule has 0 aliphatic rings. The predicted molar refractivity (Wildman–Crippen MR) is 102 cm³/mol. The summed E-state index contributed by atoms with van der Waals surface area (Å²) in [6, 6.07) is 8.74. The lowest BCUT2D eigenvalue weighted by Gasteiger charge is -2.19. The lowest BCUT2D eigenvalue weighted by Crippen LogP contribution is -2.35. The van der Waals surface area contributed by atoms with Crippen LogP contribution in [0.25, 0.3) is 0 Å². The number of hydrogen-bond donors (Lipinski definition) is 1. The van der Waals surface area contributed by atoms with Crippen LogP contribution in [0, 0.1) is 6.92 Å². The summed E-state index contributed by atoms with van der Waals surface area (Å²) in [7, 11) is -2.85. The smallest absolute Gasteiger partial charge is 0.418 e. The van der Waals surface area contributed by atoms with Crippen LogP contribution in [-0.2, 0) is 21.0 Å². The summed E-state index contributed by atoms with van der Waals surface area (Å²) in [6.45, 7) is 3.26. The zero-order chi connectivity index (χ0) is 21.8. The van der Waals surface area contributed by atoms with Gasteiger partial charge >= 0.3 is 6.18 Å². The Balaban J connectivity index is 2.16. The number of carbonyl (C=O) groups is 1. The van der Waals surface area contributed by atoms with Crippen LogP contribution in [0.1, 0.15) is 18.1 Å². The number of aryl methyl sites for hydroxylation is 1. The molecular weight excluding hydrogens is 409 g/mol. The van der Waals surface area contributed by atoms with Crippen molar-refractivity contribution in [3.8, 4) is 5.75 Å². The van der Waals surface area contributed by atoms with Gasteiger partial charge in [0.05, 0.1) is 29.3 Å². The van der Waals surface area contributed by atoms with E-state index in [1.165, 1.54) is 37.4 Å². The summed E-state index contributed by atoms with van der Waals surface area (Å²) in [6.07, 6.45) is -4.65. The summed E-state index contributed by atoms with van der Waals surface area (Å²) < 4.78 is 70.6. The molecule has 29 heavy (non-hydrogen) atoms. The molecule has 0 saturated heterocycles. The number of anilines is 1. The molecule has 0 saturated carbocycles. The number of para-hydroxylation sites is 1. The Morgan fingerprint density at radius 1 is 1.17 bits per heavy atom. The van der Waals surface area contributed by atoms with E-state index in [0.717, 1.165) is 16.4 Å². The zero-order valence-corrected chi connectivity index (χ0v) is 16.9. The molecule has 0 spiro atoms. The maximum Gasteiger partial charge on any atom is 0.418 e. The third kappa shape index (κ3) is 5.48. The van der Waals surface area contributed by atoms with Crippen molar-refractivity contribution in [2.24, 2.45) is 0 Å². The van der Waals surface area contributed by atoms with Gasteiger partial charge in [-0.05, 0) is 49.7 Å². The Morgan fingerprint density at radius 2 is 1.83 bits per heavy atom. The quantitative estimate of drug-likeness (QED) is 0.727. The number of likely N-dealkylation sites (N-methyl/N-ethyl adjacent to an activating group) is 1. The minimum atomic E-state index is -4.65. The standard InChI is InChI=1S/C19H21F3N2O4S/c1-4-28-17-10-9-14(11-13(17)2)29(26,27)24(3)12-18(25)23-16-8-6-5-7-15(16)19(20,21)22/h5-11H,4,12H2,1-3H3,(H,23,25). The number of amides is 1. The van der Waals surface area contributed by atoms with E-state index in [-0.39, 0.29) is 4.90 Å². The Hall–Kier alpha value is -2.59. The van der Waals surface area contributed by atoms with Crippen molar-refractivity contribution >= 4 is 21.6 Å². The molecule has 1 N–H and O–H groups in total. The van der Waals surface area contributed by atoms with Gasteiger partial charge < -0.3 is 10.1 Å². The average Bonchev–Trinajstić information content (AvgIpc) is 2.62. The van der Waals surface area contributed by atoms with Crippen LogP contribution in [0.5, 0.6) is 5.75 Å². The van der Waals surface area contributed by atoms with Crippen LogP contribution in [0.3, 0.4) is 0 Å². The van der Waals surface area contributed by atoms with Crippen LogP contribution in [0.2, 0.25) is 0 Å². The summed E-state index contributed by atoms with van der Waals surface area (Å²) in [4.78, 5) is 12.1. The first-order valence-corrected chi connectivity index (χ1v) is 10.1. The molecule has 0 heterocycles. The molecule has 2 aromatic carbocycles. The molecule has 0 aliphatic carbocycles. The van der Waals surface area contributed by atoms with Crippen LogP contribution < -0.4 is 10.1 Å². The number of hydrogen-bond acceptors (Lipinski definition) is 4. The van der Waals surface area contributed by atoms with Crippen molar-refractivity contribution < 1.29 is 31.1 Å². The van der Waals surface area contributed by atoms with Crippen molar-refractivity contribution in [1.82, 2.24) is 4.31 Å². The fourth-order valence-corrected chi connectivity index (χ4v) is 3.81. The van der Waals surface area contributed by atoms with E-state index in [2.05, 4.69) is 5.32 Å². The number of rotatable bonds is 7. The van der Waals surface area contributed by atoms with E-state index in [9.17, 15) is 26.4 Å². The van der Waals surface area contributed by atoms with Crippen molar-refractivity contribution in [3.05, 3.63) is 53.6 Å². The second-order valence-electron chi connectivity index (χ2n) is 6.21. The average molecular weight is 430 g/mol. The van der Waals surface area contributed by atoms with E-state index in [0.29, 0.717) is 17.9 Å². The Morgan fingerprint density at radius 3 is 2.41 bits per heavy atom. The van der Waals surface area contributed by atoms with Gasteiger partial charge in [0, 0.05) is 7.05 Å². The largest absolute Gasteiger partial charge is 0.494 e. The monoisotopic (exact) mass is 430 g/mol. The van der Waals surface area contributed by atoms with Gasteiger partial charge in [-0.1, -0.05) is 12.1 Å². The highest BCUT2D eigenvalue weighted by atomic mass is 32.2. The number of benzene rings is 2. The Bertz CT molecular complexity index is 991. The minimum absolute atomic E-state index is 0.0514. The minimum Gasteiger partial charge on any atom is -0.494 e. The Labute approximate surface area is 167 Å². The predicted octanol–water partition coefficient (Wildman–Crippen LogP) is 3.67. The summed E-state index contributed by atoms with van der Waals surface area (Å²) >= 11 is 0. The van der Waals surface area contributed by atoms with Gasteiger partial charge in [0.2, 0.25) is 15.9 Å². The maximum absolute atomic E-state index is 13.0. The molecule has 6 nitrogen and oxygen atoms in total. The van der Waals surface area contributed by atoms with Gasteiger partial charge in [-0.15, -0.1) is 0 Å². The normalized spacial score (nSPS) is 12.1. The maximum atomic E-state index is 13.0. The molecule has 2 rings (SSSR count). The number of ether oxygens (including phenoxy) is 1. The topological polar surface area (TPSA) is 75.7 Å². The highest BCUT2D eigenvalue weighted by Gasteiger charge is 2.34. The first kappa shape index (κ1) is 22.7. The molecule has 1 amide bonds. The SMILES string of the molecule is CCOc1ccc(S(=O)(=O)N(C)CC(=O)Nc2ccccc2C(F)(F)F)cc1C. The molecule has 0 atom stereocenters. The van der Waals surface area contributed by atoms with Crippen LogP contribution in [-0.4, -0.2) is 38.8 Å². The van der Waals surface area contributed by atoms with Crippen LogP contribution in [0.4, 0.5) is 18.9 Å². The number of nitrogens with one attached hydrogen (secondary N) is 1. The van der Waals surface area contributed by atoms with E-state index < -0.39 is 39.9 Å². The van der Waals surface area contributed by atoms with E-state index in [1.54, 1.807) is 13.8 Å².